The molecule has 0 unspecified atom stereocenters. The molecule has 0 aliphatic heterocycles. The van der Waals surface area contributed by atoms with E-state index in [1.54, 1.807) is 13.2 Å². The molecule has 1 aromatic heterocycles. The first-order valence-electron chi connectivity index (χ1n) is 5.51. The summed E-state index contributed by atoms with van der Waals surface area (Å²) in [7, 11) is 1.57. The zero-order valence-electron chi connectivity index (χ0n) is 9.86. The fraction of sp³-hybridized carbons (Fsp3) is 0.308. The van der Waals surface area contributed by atoms with Gasteiger partial charge in [-0.2, -0.15) is 0 Å². The Morgan fingerprint density at radius 2 is 2.18 bits per heavy atom. The Balaban J connectivity index is 2.33. The minimum atomic E-state index is -0.252. The van der Waals surface area contributed by atoms with E-state index in [2.05, 4.69) is 0 Å². The average Bonchev–Trinajstić information content (AvgIpc) is 2.73. The van der Waals surface area contributed by atoms with Crippen LogP contribution in [0.2, 0.25) is 0 Å². The predicted octanol–water partition coefficient (Wildman–Crippen LogP) is 3.15. The van der Waals surface area contributed by atoms with Crippen molar-refractivity contribution >= 4 is 16.9 Å². The van der Waals surface area contributed by atoms with E-state index >= 15 is 0 Å². The van der Waals surface area contributed by atoms with Gasteiger partial charge in [-0.05, 0) is 18.6 Å². The minimum Gasteiger partial charge on any atom is -0.493 e. The van der Waals surface area contributed by atoms with E-state index in [1.165, 1.54) is 6.26 Å². The van der Waals surface area contributed by atoms with Crippen LogP contribution >= 0.6 is 0 Å². The number of furan rings is 1. The second-order valence-electron chi connectivity index (χ2n) is 3.66. The Morgan fingerprint density at radius 3 is 2.88 bits per heavy atom. The third-order valence-electron chi connectivity index (χ3n) is 2.43. The Morgan fingerprint density at radius 1 is 1.35 bits per heavy atom. The molecule has 0 aliphatic carbocycles. The lowest BCUT2D eigenvalue weighted by atomic mass is 10.2. The molecule has 0 atom stereocenters. The number of carbonyl (C=O) groups is 1. The molecule has 0 saturated carbocycles. The molecule has 2 aromatic rings. The molecule has 0 bridgehead atoms. The average molecular weight is 234 g/mol. The molecule has 0 radical (unpaired) electrons. The van der Waals surface area contributed by atoms with Crippen molar-refractivity contribution < 1.29 is 18.7 Å². The van der Waals surface area contributed by atoms with E-state index in [-0.39, 0.29) is 5.97 Å². The van der Waals surface area contributed by atoms with Crippen LogP contribution in [0.4, 0.5) is 0 Å². The number of methoxy groups -OCH3 is 1. The molecule has 2 rings (SSSR count). The lowest BCUT2D eigenvalue weighted by molar-refractivity contribution is -0.134. The zero-order valence-corrected chi connectivity index (χ0v) is 9.86. The molecule has 1 aromatic carbocycles. The molecule has 0 amide bonds. The highest BCUT2D eigenvalue weighted by atomic mass is 16.5. The first kappa shape index (κ1) is 11.5. The second kappa shape index (κ2) is 4.91. The molecule has 90 valence electrons. The van der Waals surface area contributed by atoms with Crippen molar-refractivity contribution in [3.05, 3.63) is 24.5 Å². The largest absolute Gasteiger partial charge is 0.493 e. The zero-order chi connectivity index (χ0) is 12.3. The summed E-state index contributed by atoms with van der Waals surface area (Å²) in [6, 6.07) is 5.45. The maximum atomic E-state index is 11.4. The summed E-state index contributed by atoms with van der Waals surface area (Å²) in [5, 5.41) is 0.744. The van der Waals surface area contributed by atoms with E-state index in [9.17, 15) is 4.79 Å². The highest BCUT2D eigenvalue weighted by molar-refractivity contribution is 5.90. The van der Waals surface area contributed by atoms with Gasteiger partial charge in [0, 0.05) is 6.42 Å². The van der Waals surface area contributed by atoms with Crippen molar-refractivity contribution in [2.75, 3.05) is 7.11 Å². The number of carbonyl (C=O) groups excluding carboxylic acids is 1. The number of hydrogen-bond acceptors (Lipinski definition) is 4. The molecular formula is C13H14O4. The van der Waals surface area contributed by atoms with Gasteiger partial charge in [0.2, 0.25) is 0 Å². The first-order valence-corrected chi connectivity index (χ1v) is 5.51. The summed E-state index contributed by atoms with van der Waals surface area (Å²) >= 11 is 0. The Hall–Kier alpha value is -1.97. The van der Waals surface area contributed by atoms with Gasteiger partial charge < -0.3 is 13.9 Å². The van der Waals surface area contributed by atoms with E-state index in [4.69, 9.17) is 13.9 Å². The molecule has 0 saturated heterocycles. The highest BCUT2D eigenvalue weighted by Crippen LogP contribution is 2.34. The molecule has 0 N–H and O–H groups in total. The third kappa shape index (κ3) is 2.25. The van der Waals surface area contributed by atoms with Crippen LogP contribution in [0.5, 0.6) is 11.5 Å². The number of ether oxygens (including phenoxy) is 2. The topological polar surface area (TPSA) is 48.7 Å². The van der Waals surface area contributed by atoms with Gasteiger partial charge in [-0.3, -0.25) is 4.79 Å². The molecule has 0 fully saturated rings. The fourth-order valence-electron chi connectivity index (χ4n) is 1.62. The quantitative estimate of drug-likeness (QED) is 0.762. The van der Waals surface area contributed by atoms with Crippen LogP contribution in [0.25, 0.3) is 11.0 Å². The van der Waals surface area contributed by atoms with E-state index in [1.807, 2.05) is 19.1 Å². The van der Waals surface area contributed by atoms with Gasteiger partial charge in [-0.15, -0.1) is 0 Å². The summed E-state index contributed by atoms with van der Waals surface area (Å²) < 4.78 is 15.7. The standard InChI is InChI=1S/C13H14O4/c1-3-5-12(14)17-11-8-16-13-9(11)6-4-7-10(13)15-2/h4,6-8H,3,5H2,1-2H3. The summed E-state index contributed by atoms with van der Waals surface area (Å²) in [6.07, 6.45) is 2.59. The molecule has 0 aliphatic rings. The van der Waals surface area contributed by atoms with Gasteiger partial charge in [0.05, 0.1) is 12.5 Å². The Bertz CT molecular complexity index is 527. The molecule has 17 heavy (non-hydrogen) atoms. The van der Waals surface area contributed by atoms with Gasteiger partial charge in [0.1, 0.15) is 6.26 Å². The summed E-state index contributed by atoms with van der Waals surface area (Å²) in [5.74, 6) is 0.815. The Labute approximate surface area is 99.1 Å². The number of benzene rings is 1. The first-order chi connectivity index (χ1) is 8.26. The van der Waals surface area contributed by atoms with Crippen molar-refractivity contribution in [1.82, 2.24) is 0 Å². The highest BCUT2D eigenvalue weighted by Gasteiger charge is 2.13. The molecule has 0 spiro atoms. The van der Waals surface area contributed by atoms with Crippen LogP contribution < -0.4 is 9.47 Å². The number of hydrogen-bond donors (Lipinski definition) is 0. The number of esters is 1. The normalized spacial score (nSPS) is 10.5. The summed E-state index contributed by atoms with van der Waals surface area (Å²) in [6.45, 7) is 1.93. The van der Waals surface area contributed by atoms with Gasteiger partial charge in [-0.25, -0.2) is 0 Å². The van der Waals surface area contributed by atoms with Crippen molar-refractivity contribution in [3.8, 4) is 11.5 Å². The van der Waals surface area contributed by atoms with Crippen molar-refractivity contribution in [2.45, 2.75) is 19.8 Å². The smallest absolute Gasteiger partial charge is 0.311 e. The lowest BCUT2D eigenvalue weighted by Crippen LogP contribution is -2.06. The van der Waals surface area contributed by atoms with E-state index in [0.29, 0.717) is 23.5 Å². The maximum Gasteiger partial charge on any atom is 0.311 e. The number of rotatable bonds is 4. The van der Waals surface area contributed by atoms with Gasteiger partial charge in [-0.1, -0.05) is 13.0 Å². The minimum absolute atomic E-state index is 0.252. The van der Waals surface area contributed by atoms with E-state index in [0.717, 1.165) is 11.8 Å². The van der Waals surface area contributed by atoms with E-state index < -0.39 is 0 Å². The molecular weight excluding hydrogens is 220 g/mol. The van der Waals surface area contributed by atoms with Crippen LogP contribution in [0.3, 0.4) is 0 Å². The van der Waals surface area contributed by atoms with Gasteiger partial charge in [0.15, 0.2) is 17.1 Å². The van der Waals surface area contributed by atoms with Gasteiger partial charge >= 0.3 is 5.97 Å². The fourth-order valence-corrected chi connectivity index (χ4v) is 1.62. The van der Waals surface area contributed by atoms with Crippen LogP contribution in [-0.2, 0) is 4.79 Å². The monoisotopic (exact) mass is 234 g/mol. The second-order valence-corrected chi connectivity index (χ2v) is 3.66. The lowest BCUT2D eigenvalue weighted by Gasteiger charge is -2.01. The van der Waals surface area contributed by atoms with Gasteiger partial charge in [0.25, 0.3) is 0 Å². The van der Waals surface area contributed by atoms with Crippen molar-refractivity contribution in [2.24, 2.45) is 0 Å². The van der Waals surface area contributed by atoms with Crippen molar-refractivity contribution in [3.63, 3.8) is 0 Å². The number of fused-ring (bicyclic) bond motifs is 1. The summed E-state index contributed by atoms with van der Waals surface area (Å²) in [5.41, 5.74) is 0.592. The Kier molecular flexibility index (Phi) is 3.32. The molecule has 4 nitrogen and oxygen atoms in total. The van der Waals surface area contributed by atoms with Crippen LogP contribution in [0, 0.1) is 0 Å². The molecule has 1 heterocycles. The summed E-state index contributed by atoms with van der Waals surface area (Å²) in [4.78, 5) is 11.4. The van der Waals surface area contributed by atoms with Crippen LogP contribution in [0.15, 0.2) is 28.9 Å². The third-order valence-corrected chi connectivity index (χ3v) is 2.43. The molecule has 4 heteroatoms. The predicted molar refractivity (Wildman–Crippen MR) is 63.3 cm³/mol. The van der Waals surface area contributed by atoms with Crippen molar-refractivity contribution in [1.29, 1.82) is 0 Å². The maximum absolute atomic E-state index is 11.4. The number of para-hydroxylation sites is 1. The SMILES string of the molecule is CCCC(=O)Oc1coc2c(OC)cccc12. The van der Waals surface area contributed by atoms with Crippen LogP contribution in [-0.4, -0.2) is 13.1 Å². The van der Waals surface area contributed by atoms with Crippen LogP contribution in [0.1, 0.15) is 19.8 Å².